The molecular formula is C38H53N7. The quantitative estimate of drug-likeness (QED) is 0.160. The molecule has 3 saturated heterocycles. The van der Waals surface area contributed by atoms with Gasteiger partial charge in [-0.1, -0.05) is 58.9 Å². The van der Waals surface area contributed by atoms with Crippen LogP contribution in [0.1, 0.15) is 114 Å². The molecule has 0 spiro atoms. The van der Waals surface area contributed by atoms with Gasteiger partial charge in [0.25, 0.3) is 0 Å². The maximum absolute atomic E-state index is 4.92. The first kappa shape index (κ1) is 31.4. The first-order valence-corrected chi connectivity index (χ1v) is 17.4. The molecule has 0 bridgehead atoms. The monoisotopic (exact) mass is 607 g/mol. The van der Waals surface area contributed by atoms with E-state index in [4.69, 9.17) is 4.98 Å². The predicted octanol–water partition coefficient (Wildman–Crippen LogP) is 8.56. The molecular weight excluding hydrogens is 554 g/mol. The molecule has 0 radical (unpaired) electrons. The Balaban J connectivity index is 0.000000460. The Kier molecular flexibility index (Phi) is 9.67. The molecule has 7 heteroatoms. The van der Waals surface area contributed by atoms with Crippen molar-refractivity contribution in [3.05, 3.63) is 83.2 Å². The second-order valence-electron chi connectivity index (χ2n) is 13.7. The van der Waals surface area contributed by atoms with Gasteiger partial charge in [-0.25, -0.2) is 4.98 Å². The lowest BCUT2D eigenvalue weighted by Gasteiger charge is -2.34. The Bertz CT molecular complexity index is 1530. The minimum absolute atomic E-state index is 0.137. The molecule has 0 amide bonds. The third-order valence-electron chi connectivity index (χ3n) is 9.66. The predicted molar refractivity (Wildman–Crippen MR) is 190 cm³/mol. The lowest BCUT2D eigenvalue weighted by Crippen LogP contribution is -2.26. The first-order valence-electron chi connectivity index (χ1n) is 17.4. The van der Waals surface area contributed by atoms with Crippen molar-refractivity contribution in [3.63, 3.8) is 0 Å². The number of anilines is 3. The summed E-state index contributed by atoms with van der Waals surface area (Å²) >= 11 is 0. The van der Waals surface area contributed by atoms with E-state index in [0.29, 0.717) is 18.1 Å². The number of nitrogens with one attached hydrogen (secondary N) is 5. The molecule has 1 aromatic heterocycles. The highest BCUT2D eigenvalue weighted by Gasteiger charge is 2.36. The first-order chi connectivity index (χ1) is 21.9. The molecule has 2 unspecified atom stereocenters. The molecule has 45 heavy (non-hydrogen) atoms. The van der Waals surface area contributed by atoms with Gasteiger partial charge in [0.1, 0.15) is 5.82 Å². The summed E-state index contributed by atoms with van der Waals surface area (Å²) < 4.78 is 0. The Hall–Kier alpha value is -3.55. The summed E-state index contributed by atoms with van der Waals surface area (Å²) in [6.07, 6.45) is 7.38. The zero-order valence-corrected chi connectivity index (χ0v) is 28.0. The van der Waals surface area contributed by atoms with Gasteiger partial charge in [-0.05, 0) is 117 Å². The van der Waals surface area contributed by atoms with Gasteiger partial charge in [0.05, 0.1) is 47.2 Å². The lowest BCUT2D eigenvalue weighted by molar-refractivity contribution is 0.589. The van der Waals surface area contributed by atoms with E-state index >= 15 is 0 Å². The summed E-state index contributed by atoms with van der Waals surface area (Å²) in [5.41, 5.74) is 10.1. The number of H-pyrrole nitrogens is 1. The minimum Gasteiger partial charge on any atom is -0.366 e. The summed E-state index contributed by atoms with van der Waals surface area (Å²) in [7, 11) is 0. The summed E-state index contributed by atoms with van der Waals surface area (Å²) in [5.74, 6) is 1.08. The van der Waals surface area contributed by atoms with Crippen LogP contribution in [0.3, 0.4) is 0 Å². The van der Waals surface area contributed by atoms with E-state index in [0.717, 1.165) is 49.3 Å². The van der Waals surface area contributed by atoms with Gasteiger partial charge in [0, 0.05) is 5.69 Å². The number of benzene rings is 3. The number of hydrogen-bond acceptors (Lipinski definition) is 6. The van der Waals surface area contributed by atoms with Gasteiger partial charge in [-0.15, -0.1) is 0 Å². The summed E-state index contributed by atoms with van der Waals surface area (Å²) in [5, 5.41) is 13.7. The summed E-state index contributed by atoms with van der Waals surface area (Å²) in [4.78, 5) is 11.2. The number of hydrogen-bond donors (Lipinski definition) is 5. The Morgan fingerprint density at radius 1 is 0.733 bits per heavy atom. The number of aromatic amines is 1. The van der Waals surface area contributed by atoms with E-state index in [1.165, 1.54) is 66.1 Å². The van der Waals surface area contributed by atoms with Crippen molar-refractivity contribution in [2.24, 2.45) is 0 Å². The zero-order chi connectivity index (χ0) is 31.4. The highest BCUT2D eigenvalue weighted by molar-refractivity contribution is 5.77. The van der Waals surface area contributed by atoms with Crippen LogP contribution in [0.25, 0.3) is 11.0 Å². The highest BCUT2D eigenvalue weighted by atomic mass is 15.2. The molecule has 0 saturated carbocycles. The highest BCUT2D eigenvalue weighted by Crippen LogP contribution is 2.48. The van der Waals surface area contributed by atoms with Gasteiger partial charge < -0.3 is 31.2 Å². The number of rotatable bonds is 4. The fourth-order valence-electron chi connectivity index (χ4n) is 7.23. The van der Waals surface area contributed by atoms with Crippen LogP contribution < -0.4 is 26.2 Å². The van der Waals surface area contributed by atoms with Crippen LogP contribution in [-0.2, 0) is 5.41 Å². The van der Waals surface area contributed by atoms with Crippen LogP contribution in [0, 0.1) is 0 Å². The second kappa shape index (κ2) is 13.8. The smallest absolute Gasteiger partial charge is 0.124 e. The largest absolute Gasteiger partial charge is 0.366 e. The van der Waals surface area contributed by atoms with Crippen molar-refractivity contribution >= 4 is 28.1 Å². The third kappa shape index (κ3) is 6.85. The Morgan fingerprint density at radius 3 is 2.07 bits per heavy atom. The molecule has 3 atom stereocenters. The van der Waals surface area contributed by atoms with E-state index in [2.05, 4.69) is 113 Å². The molecule has 0 aliphatic carbocycles. The van der Waals surface area contributed by atoms with Gasteiger partial charge in [0.15, 0.2) is 0 Å². The van der Waals surface area contributed by atoms with E-state index in [1.807, 2.05) is 13.8 Å². The topological polar surface area (TPSA) is 80.0 Å². The minimum atomic E-state index is 0.137. The normalized spacial score (nSPS) is 22.2. The molecule has 7 nitrogen and oxygen atoms in total. The number of aromatic nitrogens is 2. The fourth-order valence-corrected chi connectivity index (χ4v) is 7.23. The van der Waals surface area contributed by atoms with Crippen molar-refractivity contribution in [1.29, 1.82) is 0 Å². The average molecular weight is 608 g/mol. The van der Waals surface area contributed by atoms with Crippen LogP contribution in [0.15, 0.2) is 60.7 Å². The van der Waals surface area contributed by atoms with Crippen molar-refractivity contribution in [2.45, 2.75) is 96.7 Å². The molecule has 3 fully saturated rings. The van der Waals surface area contributed by atoms with Crippen LogP contribution >= 0.6 is 0 Å². The van der Waals surface area contributed by atoms with Crippen molar-refractivity contribution < 1.29 is 0 Å². The van der Waals surface area contributed by atoms with Crippen LogP contribution in [0.4, 0.5) is 17.1 Å². The third-order valence-corrected chi connectivity index (χ3v) is 9.66. The average Bonchev–Trinajstić information content (AvgIpc) is 3.91. The van der Waals surface area contributed by atoms with Crippen LogP contribution in [0.5, 0.6) is 0 Å². The molecule has 3 aromatic carbocycles. The second-order valence-corrected chi connectivity index (χ2v) is 13.7. The number of imidazole rings is 1. The molecule has 4 aliphatic rings. The van der Waals surface area contributed by atoms with Gasteiger partial charge in [-0.3, -0.25) is 0 Å². The van der Waals surface area contributed by atoms with E-state index < -0.39 is 0 Å². The van der Waals surface area contributed by atoms with Gasteiger partial charge in [0.2, 0.25) is 0 Å². The Labute approximate surface area is 270 Å². The molecule has 4 aliphatic heterocycles. The van der Waals surface area contributed by atoms with Crippen LogP contribution in [0.2, 0.25) is 0 Å². The molecule has 4 aromatic rings. The summed E-state index contributed by atoms with van der Waals surface area (Å²) in [6, 6.07) is 24.0. The Morgan fingerprint density at radius 2 is 1.42 bits per heavy atom. The van der Waals surface area contributed by atoms with E-state index in [1.54, 1.807) is 0 Å². The SMILES string of the molecule is C1CCNC1.CC.CC(C)(C)c1ccc(N2C(c3ccc4c(c3)NCN4)CCC2c2ccc3nc([C@@H]4CCCN4)[nH]c3c2)cc1. The lowest BCUT2D eigenvalue weighted by atomic mass is 9.87. The molecule has 5 heterocycles. The number of fused-ring (bicyclic) bond motifs is 2. The van der Waals surface area contributed by atoms with E-state index in [9.17, 15) is 0 Å². The fraction of sp³-hybridized carbons (Fsp3) is 0.500. The standard InChI is InChI=1S/C32H38N6.C4H9N.C2H6/c1-32(2,3)22-8-10-23(11-9-22)38-29(20-6-12-24-27(17-20)35-19-34-24)14-15-30(38)21-7-13-25-28(18-21)37-31(36-25)26-5-4-16-33-26;1-2-4-5-3-1;1-2/h6-13,17-18,26,29-30,33-35H,4-5,14-16,19H2,1-3H3,(H,36,37);5H,1-4H2;1-2H3/t26-,29?,30?;;/m0../s1. The van der Waals surface area contributed by atoms with Crippen molar-refractivity contribution in [1.82, 2.24) is 20.6 Å². The van der Waals surface area contributed by atoms with E-state index in [-0.39, 0.29) is 5.41 Å². The maximum atomic E-state index is 4.92. The zero-order valence-electron chi connectivity index (χ0n) is 28.0. The van der Waals surface area contributed by atoms with Crippen LogP contribution in [-0.4, -0.2) is 36.3 Å². The van der Waals surface area contributed by atoms with Crippen molar-refractivity contribution in [2.75, 3.05) is 41.8 Å². The van der Waals surface area contributed by atoms with Crippen molar-refractivity contribution in [3.8, 4) is 0 Å². The molecule has 8 rings (SSSR count). The van der Waals surface area contributed by atoms with Gasteiger partial charge >= 0.3 is 0 Å². The van der Waals surface area contributed by atoms with Gasteiger partial charge in [-0.2, -0.15) is 0 Å². The maximum Gasteiger partial charge on any atom is 0.124 e. The number of nitrogens with zero attached hydrogens (tertiary/aromatic N) is 2. The molecule has 5 N–H and O–H groups in total. The summed E-state index contributed by atoms with van der Waals surface area (Å²) in [6.45, 7) is 15.2. The molecule has 240 valence electrons.